The first-order chi connectivity index (χ1) is 20.9. The van der Waals surface area contributed by atoms with Gasteiger partial charge in [0.05, 0.1) is 36.0 Å². The standard InChI is InChI=1S/C35H45NO9/c1-15-9-8-10-16(2)33(43)29(36)26-21(7)34(44)27-22(35(26)45)13-18(4)32(42)28(27)23(37)12-11-17(3)31(41)20(6)25(39)14-24(38)19(5)30(15)40/h8-13,15,17,19-20,24-25,29-31,38-42H,14,36H2,1-7H3/t15-,17-,19+,20+,24-,25+,29+,30+,31-/m0/s1. The van der Waals surface area contributed by atoms with Crippen molar-refractivity contribution in [1.82, 2.24) is 0 Å². The van der Waals surface area contributed by atoms with Crippen molar-refractivity contribution in [2.75, 3.05) is 0 Å². The van der Waals surface area contributed by atoms with Crippen molar-refractivity contribution in [3.05, 3.63) is 75.4 Å². The van der Waals surface area contributed by atoms with Gasteiger partial charge in [0.15, 0.2) is 23.1 Å². The SMILES string of the molecule is CC1=CC=C[C@H](C)[C@@H](O)[C@H](C)[C@@H](O)C[C@@H](O)[C@@H](C)[C@@H](O)[C@@H](C)C=CC(=O)c2c(O)c(C)cc3c2C(=O)C(C)=C(C3=O)[C@@H](N)C1=O. The van der Waals surface area contributed by atoms with E-state index in [1.54, 1.807) is 39.8 Å². The predicted molar refractivity (Wildman–Crippen MR) is 169 cm³/mol. The van der Waals surface area contributed by atoms with Gasteiger partial charge in [-0.05, 0) is 50.5 Å². The molecule has 0 saturated heterocycles. The molecule has 10 nitrogen and oxygen atoms in total. The number of carbonyl (C=O) groups is 4. The maximum Gasteiger partial charge on any atom is 0.192 e. The van der Waals surface area contributed by atoms with Crippen LogP contribution in [0.1, 0.15) is 84.6 Å². The maximum absolute atomic E-state index is 13.8. The first kappa shape index (κ1) is 35.9. The van der Waals surface area contributed by atoms with Crippen LogP contribution in [0.15, 0.2) is 53.2 Å². The van der Waals surface area contributed by atoms with E-state index in [-0.39, 0.29) is 45.4 Å². The van der Waals surface area contributed by atoms with E-state index >= 15 is 0 Å². The molecule has 0 saturated carbocycles. The Kier molecular flexibility index (Phi) is 11.4. The Labute approximate surface area is 263 Å². The zero-order chi connectivity index (χ0) is 34.1. The molecule has 0 amide bonds. The van der Waals surface area contributed by atoms with E-state index in [0.717, 1.165) is 6.08 Å². The number of carbonyl (C=O) groups excluding carboxylic acids is 4. The van der Waals surface area contributed by atoms with Crippen LogP contribution >= 0.6 is 0 Å². The number of ketones is 4. The molecule has 4 bridgehead atoms. The highest BCUT2D eigenvalue weighted by Gasteiger charge is 2.39. The summed E-state index contributed by atoms with van der Waals surface area (Å²) in [5.74, 6) is -5.84. The number of fused-ring (bicyclic) bond motifs is 15. The molecule has 1 aromatic carbocycles. The van der Waals surface area contributed by atoms with Crippen LogP contribution in [0.5, 0.6) is 5.75 Å². The van der Waals surface area contributed by atoms with Gasteiger partial charge in [-0.2, -0.15) is 0 Å². The van der Waals surface area contributed by atoms with Gasteiger partial charge in [-0.3, -0.25) is 19.2 Å². The van der Waals surface area contributed by atoms with Gasteiger partial charge in [0.1, 0.15) is 5.75 Å². The Morgan fingerprint density at radius 3 is 1.87 bits per heavy atom. The molecule has 9 atom stereocenters. The molecule has 0 fully saturated rings. The highest BCUT2D eigenvalue weighted by molar-refractivity contribution is 6.32. The number of aromatic hydroxyl groups is 1. The van der Waals surface area contributed by atoms with Crippen LogP contribution in [0.25, 0.3) is 0 Å². The minimum atomic E-state index is -1.48. The lowest BCUT2D eigenvalue weighted by molar-refractivity contribution is -0.116. The van der Waals surface area contributed by atoms with Crippen molar-refractivity contribution in [1.29, 1.82) is 0 Å². The van der Waals surface area contributed by atoms with Crippen molar-refractivity contribution in [2.24, 2.45) is 29.4 Å². The summed E-state index contributed by atoms with van der Waals surface area (Å²) in [6, 6.07) is -0.192. The van der Waals surface area contributed by atoms with Gasteiger partial charge in [0, 0.05) is 45.9 Å². The van der Waals surface area contributed by atoms with E-state index < -0.39 is 83.0 Å². The largest absolute Gasteiger partial charge is 0.507 e. The minimum absolute atomic E-state index is 0.118. The molecule has 0 unspecified atom stereocenters. The van der Waals surface area contributed by atoms with Gasteiger partial charge in [-0.25, -0.2) is 0 Å². The molecule has 0 radical (unpaired) electrons. The Morgan fingerprint density at radius 1 is 0.778 bits per heavy atom. The predicted octanol–water partition coefficient (Wildman–Crippen LogP) is 2.93. The summed E-state index contributed by atoms with van der Waals surface area (Å²) in [7, 11) is 0. The van der Waals surface area contributed by atoms with Gasteiger partial charge in [-0.15, -0.1) is 0 Å². The molecule has 0 spiro atoms. The number of hydrogen-bond acceptors (Lipinski definition) is 10. The number of allylic oxidation sites excluding steroid dienone is 4. The lowest BCUT2D eigenvalue weighted by atomic mass is 9.77. The number of phenols is 1. The maximum atomic E-state index is 13.8. The summed E-state index contributed by atoms with van der Waals surface area (Å²) in [6.45, 7) is 10.9. The Balaban J connectivity index is 2.18. The molecule has 0 heterocycles. The van der Waals surface area contributed by atoms with E-state index in [4.69, 9.17) is 5.73 Å². The second-order valence-corrected chi connectivity index (χ2v) is 12.6. The molecular weight excluding hydrogens is 578 g/mol. The number of rotatable bonds is 0. The Bertz CT molecular complexity index is 1500. The number of nitrogens with two attached hydrogens (primary N) is 1. The number of aliphatic hydroxyl groups excluding tert-OH is 4. The van der Waals surface area contributed by atoms with Crippen molar-refractivity contribution >= 4 is 23.1 Å². The molecule has 1 aromatic rings. The summed E-state index contributed by atoms with van der Waals surface area (Å²) >= 11 is 0. The molecule has 244 valence electrons. The van der Waals surface area contributed by atoms with Crippen molar-refractivity contribution in [3.8, 4) is 5.75 Å². The number of benzene rings is 1. The smallest absolute Gasteiger partial charge is 0.192 e. The van der Waals surface area contributed by atoms with E-state index in [1.807, 2.05) is 0 Å². The second-order valence-electron chi connectivity index (χ2n) is 12.6. The third kappa shape index (κ3) is 7.15. The number of aryl methyl sites for hydroxylation is 1. The lowest BCUT2D eigenvalue weighted by Gasteiger charge is -2.32. The third-order valence-corrected chi connectivity index (χ3v) is 9.34. The molecule has 4 rings (SSSR count). The number of hydrogen-bond donors (Lipinski definition) is 6. The highest BCUT2D eigenvalue weighted by Crippen LogP contribution is 2.37. The highest BCUT2D eigenvalue weighted by atomic mass is 16.3. The minimum Gasteiger partial charge on any atom is -0.507 e. The van der Waals surface area contributed by atoms with E-state index in [2.05, 4.69) is 0 Å². The van der Waals surface area contributed by atoms with Crippen LogP contribution < -0.4 is 5.73 Å². The summed E-state index contributed by atoms with van der Waals surface area (Å²) in [4.78, 5) is 54.2. The average Bonchev–Trinajstić information content (AvgIpc) is 3.00. The first-order valence-electron chi connectivity index (χ1n) is 15.2. The molecular formula is C35H45NO9. The second kappa shape index (κ2) is 14.3. The normalized spacial score (nSPS) is 32.7. The molecule has 45 heavy (non-hydrogen) atoms. The van der Waals surface area contributed by atoms with Crippen LogP contribution in [0.2, 0.25) is 0 Å². The average molecular weight is 624 g/mol. The van der Waals surface area contributed by atoms with Crippen molar-refractivity contribution in [2.45, 2.75) is 85.3 Å². The molecule has 10 heteroatoms. The fraction of sp³-hybridized carbons (Fsp3) is 0.486. The number of Topliss-reactive ketones (excluding diaryl/α,β-unsaturated/α-hetero) is 3. The van der Waals surface area contributed by atoms with E-state index in [9.17, 15) is 44.7 Å². The van der Waals surface area contributed by atoms with Crippen molar-refractivity contribution in [3.63, 3.8) is 0 Å². The number of aliphatic hydroxyl groups is 4. The zero-order valence-electron chi connectivity index (χ0n) is 26.8. The quantitative estimate of drug-likeness (QED) is 0.250. The molecule has 0 aromatic heterocycles. The topological polar surface area (TPSA) is 195 Å². The first-order valence-corrected chi connectivity index (χ1v) is 15.2. The van der Waals surface area contributed by atoms with Crippen LogP contribution in [-0.2, 0) is 4.79 Å². The number of phenolic OH excluding ortho intramolecular Hbond substituents is 1. The van der Waals surface area contributed by atoms with Crippen LogP contribution in [0.4, 0.5) is 0 Å². The van der Waals surface area contributed by atoms with Crippen LogP contribution in [-0.4, -0.2) is 79.1 Å². The Morgan fingerprint density at radius 2 is 1.31 bits per heavy atom. The molecule has 0 aliphatic heterocycles. The van der Waals surface area contributed by atoms with Gasteiger partial charge in [0.25, 0.3) is 0 Å². The van der Waals surface area contributed by atoms with Crippen LogP contribution in [0, 0.1) is 30.6 Å². The summed E-state index contributed by atoms with van der Waals surface area (Å²) in [5.41, 5.74) is 5.47. The molecule has 3 aliphatic carbocycles. The Hall–Kier alpha value is -3.54. The van der Waals surface area contributed by atoms with Gasteiger partial charge >= 0.3 is 0 Å². The fourth-order valence-corrected chi connectivity index (χ4v) is 5.94. The van der Waals surface area contributed by atoms with Gasteiger partial charge in [0.2, 0.25) is 0 Å². The summed E-state index contributed by atoms with van der Waals surface area (Å²) < 4.78 is 0. The van der Waals surface area contributed by atoms with Gasteiger partial charge in [-0.1, -0.05) is 52.0 Å². The van der Waals surface area contributed by atoms with E-state index in [1.165, 1.54) is 39.0 Å². The third-order valence-electron chi connectivity index (χ3n) is 9.34. The zero-order valence-corrected chi connectivity index (χ0v) is 26.8. The molecule has 7 N–H and O–H groups in total. The lowest BCUT2D eigenvalue weighted by Crippen LogP contribution is -2.40. The van der Waals surface area contributed by atoms with Gasteiger partial charge < -0.3 is 31.3 Å². The molecule has 3 aliphatic rings. The summed E-state index contributed by atoms with van der Waals surface area (Å²) in [6.07, 6.45) is 2.61. The monoisotopic (exact) mass is 623 g/mol. The van der Waals surface area contributed by atoms with E-state index in [0.29, 0.717) is 0 Å². The summed E-state index contributed by atoms with van der Waals surface area (Å²) in [5, 5.41) is 54.3. The fourth-order valence-electron chi connectivity index (χ4n) is 5.94. The van der Waals surface area contributed by atoms with Crippen molar-refractivity contribution < 1.29 is 44.7 Å². The van der Waals surface area contributed by atoms with Crippen LogP contribution in [0.3, 0.4) is 0 Å².